The first-order valence-electron chi connectivity index (χ1n) is 4.87. The van der Waals surface area contributed by atoms with Crippen LogP contribution in [0.5, 0.6) is 5.75 Å². The van der Waals surface area contributed by atoms with E-state index in [1.54, 1.807) is 18.2 Å². The van der Waals surface area contributed by atoms with Crippen LogP contribution in [0.3, 0.4) is 0 Å². The Kier molecular flexibility index (Phi) is 2.55. The van der Waals surface area contributed by atoms with Gasteiger partial charge >= 0.3 is 0 Å². The van der Waals surface area contributed by atoms with Gasteiger partial charge in [-0.15, -0.1) is 0 Å². The molecule has 0 unspecified atom stereocenters. The highest BCUT2D eigenvalue weighted by Gasteiger charge is 2.25. The van der Waals surface area contributed by atoms with Crippen molar-refractivity contribution in [1.82, 2.24) is 4.90 Å². The summed E-state index contributed by atoms with van der Waals surface area (Å²) in [6.45, 7) is 2.23. The molecule has 1 saturated heterocycles. The molecule has 0 atom stereocenters. The normalized spacial score (nSPS) is 17.2. The van der Waals surface area contributed by atoms with Gasteiger partial charge in [-0.2, -0.15) is 0 Å². The van der Waals surface area contributed by atoms with Gasteiger partial charge in [-0.1, -0.05) is 0 Å². The predicted octanol–water partition coefficient (Wildman–Crippen LogP) is 0.526. The Morgan fingerprint density at radius 3 is 3.00 bits per heavy atom. The summed E-state index contributed by atoms with van der Waals surface area (Å²) in [6, 6.07) is 4.97. The van der Waals surface area contributed by atoms with Crippen molar-refractivity contribution in [3.63, 3.8) is 0 Å². The highest BCUT2D eigenvalue weighted by Crippen LogP contribution is 2.21. The molecule has 1 aromatic carbocycles. The number of nitrogens with zero attached hydrogens (tertiary/aromatic N) is 2. The first kappa shape index (κ1) is 9.92. The molecule has 1 fully saturated rings. The molecular formula is C10H14N3O2+. The Morgan fingerprint density at radius 2 is 2.33 bits per heavy atom. The number of phenols is 1. The number of rotatable bonds is 2. The van der Waals surface area contributed by atoms with E-state index in [-0.39, 0.29) is 5.75 Å². The molecule has 0 saturated carbocycles. The number of aromatic hydroxyl groups is 1. The number of nitroso groups, excluding NO2 is 1. The average molecular weight is 208 g/mol. The molecule has 80 valence electrons. The standard InChI is InChI=1S/C10H13N3O2/c11-9-1-2-10(14)8(5-9)6-12-3-4-13(15)7-12/h1-2,5H,3-4,6-7,11H2/p+1. The van der Waals surface area contributed by atoms with E-state index >= 15 is 0 Å². The fourth-order valence-electron chi connectivity index (χ4n) is 1.72. The molecule has 1 aromatic rings. The molecule has 1 aliphatic heterocycles. The van der Waals surface area contributed by atoms with Crippen molar-refractivity contribution in [3.05, 3.63) is 28.7 Å². The minimum Gasteiger partial charge on any atom is -0.508 e. The van der Waals surface area contributed by atoms with Gasteiger partial charge in [0.25, 0.3) is 0 Å². The molecule has 0 amide bonds. The van der Waals surface area contributed by atoms with E-state index in [9.17, 15) is 10.0 Å². The van der Waals surface area contributed by atoms with Crippen LogP contribution >= 0.6 is 0 Å². The van der Waals surface area contributed by atoms with Gasteiger partial charge in [0.1, 0.15) is 5.75 Å². The molecule has 1 heterocycles. The number of benzene rings is 1. The lowest BCUT2D eigenvalue weighted by Crippen LogP contribution is -2.20. The van der Waals surface area contributed by atoms with Gasteiger partial charge in [0.2, 0.25) is 13.2 Å². The van der Waals surface area contributed by atoms with E-state index in [0.717, 1.165) is 16.9 Å². The van der Waals surface area contributed by atoms with Crippen LogP contribution in [0.2, 0.25) is 0 Å². The summed E-state index contributed by atoms with van der Waals surface area (Å²) in [7, 11) is 0. The van der Waals surface area contributed by atoms with Crippen molar-refractivity contribution in [2.75, 3.05) is 25.5 Å². The van der Waals surface area contributed by atoms with Crippen molar-refractivity contribution in [1.29, 1.82) is 0 Å². The van der Waals surface area contributed by atoms with Crippen LogP contribution in [0.25, 0.3) is 0 Å². The zero-order valence-electron chi connectivity index (χ0n) is 8.39. The summed E-state index contributed by atoms with van der Waals surface area (Å²) >= 11 is 0. The van der Waals surface area contributed by atoms with E-state index in [1.165, 1.54) is 0 Å². The zero-order valence-corrected chi connectivity index (χ0v) is 8.39. The van der Waals surface area contributed by atoms with Crippen molar-refractivity contribution in [3.8, 4) is 5.75 Å². The second-order valence-corrected chi connectivity index (χ2v) is 3.79. The van der Waals surface area contributed by atoms with Gasteiger partial charge in [0, 0.05) is 27.5 Å². The van der Waals surface area contributed by atoms with Crippen molar-refractivity contribution in [2.24, 2.45) is 0 Å². The second kappa shape index (κ2) is 3.86. The maximum Gasteiger partial charge on any atom is 0.248 e. The molecular weight excluding hydrogens is 194 g/mol. The molecule has 0 bridgehead atoms. The van der Waals surface area contributed by atoms with Crippen LogP contribution in [-0.4, -0.2) is 34.5 Å². The second-order valence-electron chi connectivity index (χ2n) is 3.79. The lowest BCUT2D eigenvalue weighted by atomic mass is 10.1. The highest BCUT2D eigenvalue weighted by molar-refractivity contribution is 5.47. The minimum absolute atomic E-state index is 0.230. The number of anilines is 1. The molecule has 0 radical (unpaired) electrons. The van der Waals surface area contributed by atoms with Crippen LogP contribution in [-0.2, 0) is 6.54 Å². The molecule has 3 N–H and O–H groups in total. The average Bonchev–Trinajstić information content (AvgIpc) is 2.58. The van der Waals surface area contributed by atoms with Gasteiger partial charge in [0.05, 0.1) is 6.54 Å². The minimum atomic E-state index is 0.230. The van der Waals surface area contributed by atoms with Gasteiger partial charge in [-0.05, 0) is 18.2 Å². The van der Waals surface area contributed by atoms with E-state index in [2.05, 4.69) is 0 Å². The zero-order chi connectivity index (χ0) is 10.8. The summed E-state index contributed by atoms with van der Waals surface area (Å²) in [5.74, 6) is 0.230. The van der Waals surface area contributed by atoms with Crippen molar-refractivity contribution in [2.45, 2.75) is 6.54 Å². The number of nitrogens with two attached hydrogens (primary N) is 1. The Labute approximate surface area is 87.7 Å². The summed E-state index contributed by atoms with van der Waals surface area (Å²) in [5, 5.41) is 9.59. The van der Waals surface area contributed by atoms with E-state index < -0.39 is 0 Å². The Hall–Kier alpha value is -1.62. The van der Waals surface area contributed by atoms with Crippen LogP contribution in [0, 0.1) is 4.91 Å². The van der Waals surface area contributed by atoms with Crippen molar-refractivity contribution >= 4 is 5.69 Å². The number of hydrogen-bond donors (Lipinski definition) is 2. The quantitative estimate of drug-likeness (QED) is 0.422. The van der Waals surface area contributed by atoms with Crippen LogP contribution in [0.15, 0.2) is 18.2 Å². The largest absolute Gasteiger partial charge is 0.508 e. The van der Waals surface area contributed by atoms with Gasteiger partial charge in [0.15, 0.2) is 0 Å². The van der Waals surface area contributed by atoms with Crippen LogP contribution < -0.4 is 5.73 Å². The maximum atomic E-state index is 11.0. The molecule has 1 aliphatic rings. The molecule has 5 nitrogen and oxygen atoms in total. The molecule has 0 aliphatic carbocycles. The summed E-state index contributed by atoms with van der Waals surface area (Å²) in [6.07, 6.45) is 0. The smallest absolute Gasteiger partial charge is 0.248 e. The molecule has 15 heavy (non-hydrogen) atoms. The third-order valence-corrected chi connectivity index (χ3v) is 2.52. The third-order valence-electron chi connectivity index (χ3n) is 2.52. The molecule has 0 spiro atoms. The number of hydrogen-bond acceptors (Lipinski definition) is 4. The third kappa shape index (κ3) is 2.24. The summed E-state index contributed by atoms with van der Waals surface area (Å²) in [4.78, 5) is 13.0. The van der Waals surface area contributed by atoms with Gasteiger partial charge in [-0.25, -0.2) is 4.90 Å². The Morgan fingerprint density at radius 1 is 1.53 bits per heavy atom. The Balaban J connectivity index is 2.10. The lowest BCUT2D eigenvalue weighted by Gasteiger charge is -2.11. The fraction of sp³-hybridized carbons (Fsp3) is 0.400. The first-order chi connectivity index (χ1) is 7.15. The fourth-order valence-corrected chi connectivity index (χ4v) is 1.72. The first-order valence-corrected chi connectivity index (χ1v) is 4.87. The topological polar surface area (TPSA) is 69.6 Å². The maximum absolute atomic E-state index is 11.0. The summed E-state index contributed by atoms with van der Waals surface area (Å²) < 4.78 is 1.00. The van der Waals surface area contributed by atoms with Crippen LogP contribution in [0.4, 0.5) is 5.69 Å². The number of nitrogen functional groups attached to an aromatic ring is 1. The monoisotopic (exact) mass is 208 g/mol. The highest BCUT2D eigenvalue weighted by atomic mass is 16.3. The van der Waals surface area contributed by atoms with Gasteiger partial charge < -0.3 is 10.8 Å². The number of phenolic OH excluding ortho intramolecular Hbond substituents is 1. The SMILES string of the molecule is Nc1ccc(O)c(CN2CC[N+](=O)C2)c1. The molecule has 5 heteroatoms. The Bertz CT molecular complexity index is 392. The van der Waals surface area contributed by atoms with E-state index in [4.69, 9.17) is 5.73 Å². The predicted molar refractivity (Wildman–Crippen MR) is 56.3 cm³/mol. The van der Waals surface area contributed by atoms with E-state index in [0.29, 0.717) is 25.4 Å². The van der Waals surface area contributed by atoms with E-state index in [1.807, 2.05) is 4.90 Å². The molecule has 0 aromatic heterocycles. The van der Waals surface area contributed by atoms with Crippen LogP contribution in [0.1, 0.15) is 5.56 Å². The van der Waals surface area contributed by atoms with Gasteiger partial charge in [-0.3, -0.25) is 0 Å². The lowest BCUT2D eigenvalue weighted by molar-refractivity contribution is -0.536. The van der Waals surface area contributed by atoms with Crippen molar-refractivity contribution < 1.29 is 9.87 Å². The summed E-state index contributed by atoms with van der Waals surface area (Å²) in [5.41, 5.74) is 7.02. The molecule has 2 rings (SSSR count).